The Labute approximate surface area is 109 Å². The first-order valence-electron chi connectivity index (χ1n) is 5.35. The molecule has 0 atom stereocenters. The van der Waals surface area contributed by atoms with Gasteiger partial charge in [-0.2, -0.15) is 5.10 Å². The van der Waals surface area contributed by atoms with Crippen molar-refractivity contribution in [1.82, 2.24) is 5.43 Å². The second kappa shape index (κ2) is 7.06. The first-order chi connectivity index (χ1) is 8.13. The van der Waals surface area contributed by atoms with E-state index in [-0.39, 0.29) is 5.91 Å². The Morgan fingerprint density at radius 1 is 1.59 bits per heavy atom. The molecule has 0 aliphatic heterocycles. The molecule has 0 fully saturated rings. The van der Waals surface area contributed by atoms with Crippen molar-refractivity contribution >= 4 is 28.1 Å². The molecular formula is C12H15BrN2O2. The van der Waals surface area contributed by atoms with E-state index < -0.39 is 0 Å². The van der Waals surface area contributed by atoms with Crippen LogP contribution in [0, 0.1) is 0 Å². The van der Waals surface area contributed by atoms with E-state index in [4.69, 9.17) is 4.74 Å². The highest BCUT2D eigenvalue weighted by molar-refractivity contribution is 9.10. The van der Waals surface area contributed by atoms with Gasteiger partial charge < -0.3 is 4.74 Å². The fraction of sp³-hybridized carbons (Fsp3) is 0.333. The summed E-state index contributed by atoms with van der Waals surface area (Å²) < 4.78 is 6.51. The van der Waals surface area contributed by atoms with Crippen molar-refractivity contribution in [3.63, 3.8) is 0 Å². The lowest BCUT2D eigenvalue weighted by Gasteiger charge is -2.08. The molecule has 5 heteroatoms. The average Bonchev–Trinajstić information content (AvgIpc) is 2.27. The molecule has 0 aliphatic carbocycles. The van der Waals surface area contributed by atoms with Gasteiger partial charge in [0.2, 0.25) is 5.91 Å². The molecular weight excluding hydrogens is 284 g/mol. The Hall–Kier alpha value is -1.36. The van der Waals surface area contributed by atoms with Gasteiger partial charge >= 0.3 is 0 Å². The minimum atomic E-state index is -0.202. The number of hydrogen-bond acceptors (Lipinski definition) is 3. The largest absolute Gasteiger partial charge is 0.493 e. The van der Waals surface area contributed by atoms with Gasteiger partial charge in [0.15, 0.2) is 0 Å². The van der Waals surface area contributed by atoms with E-state index in [2.05, 4.69) is 26.5 Å². The third-order valence-corrected chi connectivity index (χ3v) is 2.35. The van der Waals surface area contributed by atoms with Gasteiger partial charge in [0.1, 0.15) is 5.75 Å². The minimum absolute atomic E-state index is 0.202. The molecule has 0 heterocycles. The molecule has 4 nitrogen and oxygen atoms in total. The number of ether oxygens (including phenoxy) is 1. The summed E-state index contributed by atoms with van der Waals surface area (Å²) in [5.74, 6) is 0.552. The molecule has 92 valence electrons. The zero-order valence-corrected chi connectivity index (χ0v) is 11.5. The fourth-order valence-electron chi connectivity index (χ4n) is 1.16. The van der Waals surface area contributed by atoms with Gasteiger partial charge in [-0.05, 0) is 24.6 Å². The monoisotopic (exact) mass is 298 g/mol. The first kappa shape index (κ1) is 13.7. The second-order valence-electron chi connectivity index (χ2n) is 3.46. The van der Waals surface area contributed by atoms with Crippen molar-refractivity contribution in [1.29, 1.82) is 0 Å². The van der Waals surface area contributed by atoms with Crippen LogP contribution >= 0.6 is 15.9 Å². The van der Waals surface area contributed by atoms with Gasteiger partial charge in [0, 0.05) is 17.0 Å². The number of carbonyl (C=O) groups is 1. The maximum Gasteiger partial charge on any atom is 0.236 e. The number of hydrogen-bond donors (Lipinski definition) is 1. The van der Waals surface area contributed by atoms with Crippen LogP contribution in [0.4, 0.5) is 0 Å². The quantitative estimate of drug-likeness (QED) is 0.671. The summed E-state index contributed by atoms with van der Waals surface area (Å²) in [6, 6.07) is 5.66. The van der Waals surface area contributed by atoms with Crippen LogP contribution in [-0.4, -0.2) is 18.7 Å². The number of amides is 1. The summed E-state index contributed by atoms with van der Waals surface area (Å²) in [4.78, 5) is 10.7. The van der Waals surface area contributed by atoms with Crippen LogP contribution in [0.5, 0.6) is 5.75 Å². The Bertz CT molecular complexity index is 419. The molecule has 1 aromatic rings. The highest BCUT2D eigenvalue weighted by atomic mass is 79.9. The van der Waals surface area contributed by atoms with Crippen molar-refractivity contribution in [3.8, 4) is 5.75 Å². The Kier molecular flexibility index (Phi) is 5.69. The van der Waals surface area contributed by atoms with E-state index in [1.165, 1.54) is 6.92 Å². The van der Waals surface area contributed by atoms with Crippen LogP contribution in [0.2, 0.25) is 0 Å². The maximum atomic E-state index is 10.7. The predicted molar refractivity (Wildman–Crippen MR) is 71.3 cm³/mol. The van der Waals surface area contributed by atoms with Gasteiger partial charge in [0.05, 0.1) is 12.8 Å². The number of benzene rings is 1. The molecule has 0 aliphatic rings. The summed E-state index contributed by atoms with van der Waals surface area (Å²) in [7, 11) is 0. The van der Waals surface area contributed by atoms with E-state index in [1.807, 2.05) is 25.1 Å². The van der Waals surface area contributed by atoms with E-state index in [1.54, 1.807) is 6.21 Å². The van der Waals surface area contributed by atoms with E-state index in [0.29, 0.717) is 6.61 Å². The zero-order chi connectivity index (χ0) is 12.7. The third kappa shape index (κ3) is 4.99. The molecule has 0 bridgehead atoms. The minimum Gasteiger partial charge on any atom is -0.493 e. The molecule has 0 spiro atoms. The smallest absolute Gasteiger partial charge is 0.236 e. The van der Waals surface area contributed by atoms with Crippen LogP contribution in [0.1, 0.15) is 25.8 Å². The topological polar surface area (TPSA) is 50.7 Å². The number of nitrogens with one attached hydrogen (secondary N) is 1. The summed E-state index contributed by atoms with van der Waals surface area (Å²) in [5, 5.41) is 3.83. The molecule has 0 saturated carbocycles. The molecule has 0 aromatic heterocycles. The van der Waals surface area contributed by atoms with Crippen LogP contribution in [-0.2, 0) is 4.79 Å². The molecule has 1 aromatic carbocycles. The number of nitrogens with zero attached hydrogens (tertiary/aromatic N) is 1. The number of hydrazone groups is 1. The average molecular weight is 299 g/mol. The van der Waals surface area contributed by atoms with Gasteiger partial charge in [-0.1, -0.05) is 22.9 Å². The SMILES string of the molecule is CCCOc1ccc(Br)cc1/C=N\NC(C)=O. The Morgan fingerprint density at radius 2 is 2.35 bits per heavy atom. The van der Waals surface area contributed by atoms with Crippen LogP contribution in [0.25, 0.3) is 0 Å². The summed E-state index contributed by atoms with van der Waals surface area (Å²) in [6.45, 7) is 4.11. The molecule has 17 heavy (non-hydrogen) atoms. The van der Waals surface area contributed by atoms with E-state index >= 15 is 0 Å². The molecule has 1 rings (SSSR count). The number of halogens is 1. The lowest BCUT2D eigenvalue weighted by Crippen LogP contribution is -2.12. The zero-order valence-electron chi connectivity index (χ0n) is 9.87. The van der Waals surface area contributed by atoms with Crippen molar-refractivity contribution in [3.05, 3.63) is 28.2 Å². The van der Waals surface area contributed by atoms with Crippen LogP contribution in [0.15, 0.2) is 27.8 Å². The summed E-state index contributed by atoms with van der Waals surface area (Å²) >= 11 is 3.38. The standard InChI is InChI=1S/C12H15BrN2O2/c1-3-6-17-12-5-4-11(13)7-10(12)8-14-15-9(2)16/h4-5,7-8H,3,6H2,1-2H3,(H,15,16)/b14-8-. The molecule has 0 unspecified atom stereocenters. The van der Waals surface area contributed by atoms with Crippen molar-refractivity contribution in [2.75, 3.05) is 6.61 Å². The van der Waals surface area contributed by atoms with Crippen LogP contribution < -0.4 is 10.2 Å². The first-order valence-corrected chi connectivity index (χ1v) is 6.14. The second-order valence-corrected chi connectivity index (χ2v) is 4.37. The van der Waals surface area contributed by atoms with Gasteiger partial charge in [-0.3, -0.25) is 4.79 Å². The Morgan fingerprint density at radius 3 is 3.00 bits per heavy atom. The highest BCUT2D eigenvalue weighted by Gasteiger charge is 2.02. The molecule has 1 amide bonds. The third-order valence-electron chi connectivity index (χ3n) is 1.86. The Balaban J connectivity index is 2.82. The number of rotatable bonds is 5. The summed E-state index contributed by atoms with van der Waals surface area (Å²) in [5.41, 5.74) is 3.18. The van der Waals surface area contributed by atoms with Gasteiger partial charge in [-0.25, -0.2) is 5.43 Å². The molecule has 0 saturated heterocycles. The predicted octanol–water partition coefficient (Wildman–Crippen LogP) is 2.71. The van der Waals surface area contributed by atoms with Crippen molar-refractivity contribution < 1.29 is 9.53 Å². The lowest BCUT2D eigenvalue weighted by atomic mass is 10.2. The van der Waals surface area contributed by atoms with E-state index in [9.17, 15) is 4.79 Å². The fourth-order valence-corrected chi connectivity index (χ4v) is 1.54. The van der Waals surface area contributed by atoms with Crippen molar-refractivity contribution in [2.45, 2.75) is 20.3 Å². The van der Waals surface area contributed by atoms with Gasteiger partial charge in [0.25, 0.3) is 0 Å². The van der Waals surface area contributed by atoms with Crippen molar-refractivity contribution in [2.24, 2.45) is 5.10 Å². The van der Waals surface area contributed by atoms with E-state index in [0.717, 1.165) is 22.2 Å². The number of carbonyl (C=O) groups excluding carboxylic acids is 1. The normalized spacial score (nSPS) is 10.5. The maximum absolute atomic E-state index is 10.7. The molecule has 0 radical (unpaired) electrons. The highest BCUT2D eigenvalue weighted by Crippen LogP contribution is 2.21. The lowest BCUT2D eigenvalue weighted by molar-refractivity contribution is -0.118. The van der Waals surface area contributed by atoms with Crippen LogP contribution in [0.3, 0.4) is 0 Å². The van der Waals surface area contributed by atoms with Gasteiger partial charge in [-0.15, -0.1) is 0 Å². The summed E-state index contributed by atoms with van der Waals surface area (Å²) in [6.07, 6.45) is 2.51. The molecule has 1 N–H and O–H groups in total.